The zero-order valence-electron chi connectivity index (χ0n) is 22.0. The normalized spacial score (nSPS) is 11.2. The maximum atomic E-state index is 14.3. The van der Waals surface area contributed by atoms with Crippen LogP contribution in [0.1, 0.15) is 30.8 Å². The van der Waals surface area contributed by atoms with Crippen molar-refractivity contribution in [1.82, 2.24) is 14.3 Å². The smallest absolute Gasteiger partial charge is 0.296 e. The fourth-order valence-corrected chi connectivity index (χ4v) is 4.82. The van der Waals surface area contributed by atoms with Gasteiger partial charge in [0.2, 0.25) is 0 Å². The number of amides is 1. The second-order valence-corrected chi connectivity index (χ2v) is 8.95. The van der Waals surface area contributed by atoms with E-state index < -0.39 is 0 Å². The number of ether oxygens (including phenoxy) is 2. The molecule has 0 fully saturated rings. The van der Waals surface area contributed by atoms with Gasteiger partial charge in [0.1, 0.15) is 17.0 Å². The highest BCUT2D eigenvalue weighted by molar-refractivity contribution is 6.20. The van der Waals surface area contributed by atoms with Gasteiger partial charge in [0.25, 0.3) is 11.5 Å². The molecule has 194 valence electrons. The first kappa shape index (κ1) is 25.1. The second-order valence-electron chi connectivity index (χ2n) is 8.95. The molecule has 0 atom stereocenters. The van der Waals surface area contributed by atoms with Gasteiger partial charge in [0, 0.05) is 35.6 Å². The summed E-state index contributed by atoms with van der Waals surface area (Å²) in [5.74, 6) is 1.12. The Hall–Kier alpha value is -4.59. The molecular weight excluding hydrogens is 480 g/mol. The number of para-hydroxylation sites is 1. The fourth-order valence-electron chi connectivity index (χ4n) is 4.82. The molecular formula is C30H30N4O4. The Balaban J connectivity index is 1.76. The lowest BCUT2D eigenvalue weighted by molar-refractivity contribution is 0.0982. The molecule has 8 nitrogen and oxygen atoms in total. The molecule has 0 unspecified atom stereocenters. The zero-order chi connectivity index (χ0) is 26.8. The fraction of sp³-hybridized carbons (Fsp3) is 0.233. The van der Waals surface area contributed by atoms with E-state index in [-0.39, 0.29) is 17.2 Å². The molecule has 38 heavy (non-hydrogen) atoms. The predicted octanol–water partition coefficient (Wildman–Crippen LogP) is 5.34. The van der Waals surface area contributed by atoms with Crippen LogP contribution in [0.3, 0.4) is 0 Å². The van der Waals surface area contributed by atoms with Gasteiger partial charge in [-0.25, -0.2) is 0 Å². The minimum absolute atomic E-state index is 0.217. The number of fused-ring (bicyclic) bond motifs is 3. The number of nitrogens with zero attached hydrogens (tertiary/aromatic N) is 4. The van der Waals surface area contributed by atoms with Crippen molar-refractivity contribution in [2.45, 2.75) is 20.3 Å². The zero-order valence-corrected chi connectivity index (χ0v) is 22.0. The van der Waals surface area contributed by atoms with Gasteiger partial charge in [-0.1, -0.05) is 25.1 Å². The van der Waals surface area contributed by atoms with Crippen molar-refractivity contribution in [3.63, 3.8) is 0 Å². The lowest BCUT2D eigenvalue weighted by Crippen LogP contribution is -2.35. The third-order valence-corrected chi connectivity index (χ3v) is 6.61. The van der Waals surface area contributed by atoms with E-state index in [1.807, 2.05) is 74.0 Å². The van der Waals surface area contributed by atoms with Crippen molar-refractivity contribution in [3.05, 3.63) is 88.8 Å². The van der Waals surface area contributed by atoms with Crippen molar-refractivity contribution < 1.29 is 14.3 Å². The Morgan fingerprint density at radius 1 is 0.947 bits per heavy atom. The lowest BCUT2D eigenvalue weighted by atomic mass is 10.1. The van der Waals surface area contributed by atoms with Crippen LogP contribution in [0.4, 0.5) is 5.69 Å². The number of aromatic nitrogens is 3. The van der Waals surface area contributed by atoms with E-state index in [9.17, 15) is 9.59 Å². The van der Waals surface area contributed by atoms with E-state index in [0.29, 0.717) is 35.5 Å². The lowest BCUT2D eigenvalue weighted by Gasteiger charge is -2.23. The van der Waals surface area contributed by atoms with Crippen molar-refractivity contribution in [2.24, 2.45) is 7.05 Å². The molecule has 0 N–H and O–H groups in total. The number of benzene rings is 3. The van der Waals surface area contributed by atoms with Crippen molar-refractivity contribution >= 4 is 33.4 Å². The number of carbonyl (C=O) groups is 1. The summed E-state index contributed by atoms with van der Waals surface area (Å²) < 4.78 is 14.0. The first-order valence-corrected chi connectivity index (χ1v) is 12.7. The average Bonchev–Trinajstić information content (AvgIpc) is 3.25. The quantitative estimate of drug-likeness (QED) is 0.282. The molecule has 5 aromatic rings. The largest absolute Gasteiger partial charge is 0.497 e. The first-order chi connectivity index (χ1) is 18.5. The van der Waals surface area contributed by atoms with Crippen molar-refractivity contribution in [3.8, 4) is 17.2 Å². The molecule has 0 aliphatic rings. The van der Waals surface area contributed by atoms with Crippen molar-refractivity contribution in [1.29, 1.82) is 0 Å². The number of hydrogen-bond acceptors (Lipinski definition) is 5. The van der Waals surface area contributed by atoms with Crippen LogP contribution in [0.2, 0.25) is 0 Å². The molecule has 2 aromatic heterocycles. The summed E-state index contributed by atoms with van der Waals surface area (Å²) in [5, 5.41) is 6.06. The van der Waals surface area contributed by atoms with Crippen LogP contribution in [0.5, 0.6) is 11.5 Å². The number of rotatable bonds is 8. The minimum atomic E-state index is -0.302. The summed E-state index contributed by atoms with van der Waals surface area (Å²) >= 11 is 0. The van der Waals surface area contributed by atoms with E-state index in [0.717, 1.165) is 28.8 Å². The van der Waals surface area contributed by atoms with Crippen LogP contribution in [-0.2, 0) is 7.05 Å². The maximum absolute atomic E-state index is 14.3. The Bertz CT molecular complexity index is 1670. The molecule has 8 heteroatoms. The van der Waals surface area contributed by atoms with Gasteiger partial charge < -0.3 is 18.9 Å². The number of aryl methyl sites for hydroxylation is 1. The van der Waals surface area contributed by atoms with Crippen molar-refractivity contribution in [2.75, 3.05) is 25.2 Å². The van der Waals surface area contributed by atoms with E-state index >= 15 is 0 Å². The molecule has 0 radical (unpaired) electrons. The Morgan fingerprint density at radius 2 is 1.63 bits per heavy atom. The summed E-state index contributed by atoms with van der Waals surface area (Å²) in [6.45, 7) is 5.00. The maximum Gasteiger partial charge on any atom is 0.296 e. The highest BCUT2D eigenvalue weighted by atomic mass is 16.5. The number of anilines is 1. The molecule has 0 aliphatic heterocycles. The molecule has 0 bridgehead atoms. The third kappa shape index (κ3) is 4.28. The summed E-state index contributed by atoms with van der Waals surface area (Å²) in [6.07, 6.45) is 0.746. The minimum Gasteiger partial charge on any atom is -0.497 e. The molecule has 0 saturated heterocycles. The first-order valence-electron chi connectivity index (χ1n) is 12.7. The Kier molecular flexibility index (Phi) is 6.87. The molecule has 2 heterocycles. The van der Waals surface area contributed by atoms with Gasteiger partial charge in [0.15, 0.2) is 5.69 Å². The highest BCUT2D eigenvalue weighted by Gasteiger charge is 2.27. The predicted molar refractivity (Wildman–Crippen MR) is 150 cm³/mol. The molecule has 5 rings (SSSR count). The summed E-state index contributed by atoms with van der Waals surface area (Å²) in [7, 11) is 3.43. The summed E-state index contributed by atoms with van der Waals surface area (Å²) in [4.78, 5) is 29.8. The molecule has 0 aliphatic carbocycles. The molecule has 0 spiro atoms. The van der Waals surface area contributed by atoms with Crippen LogP contribution in [0, 0.1) is 0 Å². The van der Waals surface area contributed by atoms with Gasteiger partial charge in [-0.05, 0) is 67.9 Å². The SMILES string of the molecule is CCCN(C(=O)c1nn(-c2ccc(OC)cc2)c(=O)c2c1c1ccccc1n2C)c1ccc(OCC)cc1. The summed E-state index contributed by atoms with van der Waals surface area (Å²) in [5.41, 5.74) is 2.46. The van der Waals surface area contributed by atoms with Crippen LogP contribution >= 0.6 is 0 Å². The van der Waals surface area contributed by atoms with Crippen LogP contribution < -0.4 is 19.9 Å². The van der Waals surface area contributed by atoms with E-state index in [4.69, 9.17) is 14.6 Å². The summed E-state index contributed by atoms with van der Waals surface area (Å²) in [6, 6.07) is 22.2. The van der Waals surface area contributed by atoms with E-state index in [1.165, 1.54) is 4.68 Å². The van der Waals surface area contributed by atoms with Gasteiger partial charge in [-0.15, -0.1) is 0 Å². The van der Waals surface area contributed by atoms with Gasteiger partial charge in [0.05, 0.1) is 19.4 Å². The second kappa shape index (κ2) is 10.4. The molecule has 0 saturated carbocycles. The van der Waals surface area contributed by atoms with Crippen LogP contribution in [-0.4, -0.2) is 40.5 Å². The monoisotopic (exact) mass is 510 g/mol. The van der Waals surface area contributed by atoms with Crippen LogP contribution in [0.25, 0.3) is 27.5 Å². The topological polar surface area (TPSA) is 78.6 Å². The average molecular weight is 511 g/mol. The van der Waals surface area contributed by atoms with Gasteiger partial charge in [-0.2, -0.15) is 9.78 Å². The number of methoxy groups -OCH3 is 1. The molecule has 1 amide bonds. The highest BCUT2D eigenvalue weighted by Crippen LogP contribution is 2.30. The van der Waals surface area contributed by atoms with Crippen LogP contribution in [0.15, 0.2) is 77.6 Å². The standard InChI is InChI=1S/C30H30N4O4/c1-5-19-33(20-11-17-23(18-12-20)38-6-2)29(35)27-26-24-9-7-8-10-25(24)32(3)28(26)30(36)34(31-27)21-13-15-22(37-4)16-14-21/h7-18H,5-6,19H2,1-4H3. The van der Waals surface area contributed by atoms with E-state index in [1.54, 1.807) is 36.3 Å². The third-order valence-electron chi connectivity index (χ3n) is 6.61. The van der Waals surface area contributed by atoms with Gasteiger partial charge in [-0.3, -0.25) is 9.59 Å². The van der Waals surface area contributed by atoms with E-state index in [2.05, 4.69) is 0 Å². The Labute approximate surface area is 220 Å². The number of carbonyl (C=O) groups excluding carboxylic acids is 1. The van der Waals surface area contributed by atoms with Gasteiger partial charge >= 0.3 is 0 Å². The molecule has 3 aromatic carbocycles. The Morgan fingerprint density at radius 3 is 2.29 bits per heavy atom. The number of hydrogen-bond donors (Lipinski definition) is 0.